The Morgan fingerprint density at radius 1 is 1.47 bits per heavy atom. The van der Waals surface area contributed by atoms with Crippen molar-refractivity contribution >= 4 is 17.7 Å². The topological polar surface area (TPSA) is 41.1 Å². The van der Waals surface area contributed by atoms with Gasteiger partial charge in [0.2, 0.25) is 5.91 Å². The summed E-state index contributed by atoms with van der Waals surface area (Å²) in [5.41, 5.74) is 0. The maximum atomic E-state index is 11.3. The first-order valence-corrected chi connectivity index (χ1v) is 6.89. The highest BCUT2D eigenvalue weighted by Gasteiger charge is 2.20. The van der Waals surface area contributed by atoms with Gasteiger partial charge in [-0.15, -0.1) is 0 Å². The van der Waals surface area contributed by atoms with Crippen molar-refractivity contribution in [3.63, 3.8) is 0 Å². The second-order valence-electron chi connectivity index (χ2n) is 4.13. The molecule has 2 unspecified atom stereocenters. The molecule has 0 aromatic heterocycles. The van der Waals surface area contributed by atoms with Crippen molar-refractivity contribution in [2.24, 2.45) is 0 Å². The number of hydrogen-bond donors (Lipinski definition) is 2. The molecule has 88 valence electrons. The van der Waals surface area contributed by atoms with Crippen LogP contribution in [-0.4, -0.2) is 36.0 Å². The van der Waals surface area contributed by atoms with Gasteiger partial charge in [-0.1, -0.05) is 13.8 Å². The number of rotatable bonds is 6. The minimum atomic E-state index is 0.169. The molecule has 0 spiro atoms. The summed E-state index contributed by atoms with van der Waals surface area (Å²) in [5, 5.41) is 7.09. The van der Waals surface area contributed by atoms with E-state index >= 15 is 0 Å². The Bertz CT molecular complexity index is 199. The fraction of sp³-hybridized carbons (Fsp3) is 0.909. The van der Waals surface area contributed by atoms with Gasteiger partial charge >= 0.3 is 0 Å². The van der Waals surface area contributed by atoms with E-state index in [0.29, 0.717) is 12.5 Å². The lowest BCUT2D eigenvalue weighted by atomic mass is 10.2. The Kier molecular flexibility index (Phi) is 6.10. The number of amides is 1. The summed E-state index contributed by atoms with van der Waals surface area (Å²) in [4.78, 5) is 11.3. The van der Waals surface area contributed by atoms with E-state index in [1.807, 2.05) is 11.8 Å². The molecule has 15 heavy (non-hydrogen) atoms. The molecule has 0 bridgehead atoms. The number of hydrogen-bond acceptors (Lipinski definition) is 3. The lowest BCUT2D eigenvalue weighted by molar-refractivity contribution is -0.121. The standard InChI is InChI=1S/C11H22N2OS/c1-3-5-13-11(14)4-6-12-10-7-9(2)15-8-10/h9-10,12H,3-8H2,1-2H3,(H,13,14). The molecule has 0 saturated carbocycles. The van der Waals surface area contributed by atoms with Gasteiger partial charge in [-0.25, -0.2) is 0 Å². The molecule has 1 saturated heterocycles. The van der Waals surface area contributed by atoms with Crippen LogP contribution >= 0.6 is 11.8 Å². The summed E-state index contributed by atoms with van der Waals surface area (Å²) < 4.78 is 0. The molecule has 1 rings (SSSR count). The predicted octanol–water partition coefficient (Wildman–Crippen LogP) is 1.39. The van der Waals surface area contributed by atoms with E-state index in [9.17, 15) is 4.79 Å². The monoisotopic (exact) mass is 230 g/mol. The maximum absolute atomic E-state index is 11.3. The van der Waals surface area contributed by atoms with E-state index in [-0.39, 0.29) is 5.91 Å². The normalized spacial score (nSPS) is 25.5. The third-order valence-electron chi connectivity index (χ3n) is 2.56. The molecule has 0 radical (unpaired) electrons. The third kappa shape index (κ3) is 5.42. The van der Waals surface area contributed by atoms with Crippen LogP contribution in [0.25, 0.3) is 0 Å². The van der Waals surface area contributed by atoms with Crippen molar-refractivity contribution in [3.8, 4) is 0 Å². The zero-order valence-corrected chi connectivity index (χ0v) is 10.5. The molecule has 1 fully saturated rings. The van der Waals surface area contributed by atoms with Gasteiger partial charge in [0.15, 0.2) is 0 Å². The number of carbonyl (C=O) groups is 1. The van der Waals surface area contributed by atoms with Gasteiger partial charge in [-0.05, 0) is 12.8 Å². The summed E-state index contributed by atoms with van der Waals surface area (Å²) in [7, 11) is 0. The third-order valence-corrected chi connectivity index (χ3v) is 3.91. The first kappa shape index (κ1) is 12.8. The van der Waals surface area contributed by atoms with Crippen LogP contribution in [-0.2, 0) is 4.79 Å². The van der Waals surface area contributed by atoms with Gasteiger partial charge in [-0.2, -0.15) is 11.8 Å². The van der Waals surface area contributed by atoms with Crippen molar-refractivity contribution < 1.29 is 4.79 Å². The zero-order chi connectivity index (χ0) is 11.1. The lowest BCUT2D eigenvalue weighted by Gasteiger charge is -2.11. The second kappa shape index (κ2) is 7.12. The van der Waals surface area contributed by atoms with Gasteiger partial charge in [-0.3, -0.25) is 4.79 Å². The number of nitrogens with one attached hydrogen (secondary N) is 2. The number of thioether (sulfide) groups is 1. The SMILES string of the molecule is CCCNC(=O)CCNC1CSC(C)C1. The molecule has 0 aliphatic carbocycles. The Hall–Kier alpha value is -0.220. The van der Waals surface area contributed by atoms with Gasteiger partial charge in [0.05, 0.1) is 0 Å². The molecule has 2 atom stereocenters. The van der Waals surface area contributed by atoms with Crippen LogP contribution in [0.3, 0.4) is 0 Å². The maximum Gasteiger partial charge on any atom is 0.221 e. The minimum Gasteiger partial charge on any atom is -0.356 e. The van der Waals surface area contributed by atoms with E-state index in [1.54, 1.807) is 0 Å². The minimum absolute atomic E-state index is 0.169. The zero-order valence-electron chi connectivity index (χ0n) is 9.71. The molecule has 2 N–H and O–H groups in total. The summed E-state index contributed by atoms with van der Waals surface area (Å²) in [6.45, 7) is 5.94. The smallest absolute Gasteiger partial charge is 0.221 e. The van der Waals surface area contributed by atoms with Gasteiger partial charge in [0.1, 0.15) is 0 Å². The van der Waals surface area contributed by atoms with Crippen LogP contribution in [0.1, 0.15) is 33.1 Å². The van der Waals surface area contributed by atoms with Crippen LogP contribution < -0.4 is 10.6 Å². The quantitative estimate of drug-likeness (QED) is 0.724. The molecule has 1 aliphatic heterocycles. The molecule has 3 nitrogen and oxygen atoms in total. The first-order chi connectivity index (χ1) is 7.22. The highest BCUT2D eigenvalue weighted by Crippen LogP contribution is 2.25. The molecule has 1 heterocycles. The Morgan fingerprint density at radius 2 is 2.27 bits per heavy atom. The number of carbonyl (C=O) groups excluding carboxylic acids is 1. The Morgan fingerprint density at radius 3 is 2.87 bits per heavy atom. The average molecular weight is 230 g/mol. The van der Waals surface area contributed by atoms with Crippen LogP contribution in [0.5, 0.6) is 0 Å². The highest BCUT2D eigenvalue weighted by molar-refractivity contribution is 8.00. The van der Waals surface area contributed by atoms with Crippen LogP contribution in [0.2, 0.25) is 0 Å². The average Bonchev–Trinajstić information content (AvgIpc) is 2.61. The van der Waals surface area contributed by atoms with Crippen molar-refractivity contribution in [2.45, 2.75) is 44.4 Å². The Balaban J connectivity index is 1.98. The molecular weight excluding hydrogens is 208 g/mol. The highest BCUT2D eigenvalue weighted by atomic mass is 32.2. The van der Waals surface area contributed by atoms with Crippen LogP contribution in [0, 0.1) is 0 Å². The van der Waals surface area contributed by atoms with E-state index in [2.05, 4.69) is 24.5 Å². The van der Waals surface area contributed by atoms with Gasteiger partial charge in [0.25, 0.3) is 0 Å². The predicted molar refractivity (Wildman–Crippen MR) is 66.2 cm³/mol. The van der Waals surface area contributed by atoms with Crippen molar-refractivity contribution in [1.29, 1.82) is 0 Å². The fourth-order valence-corrected chi connectivity index (χ4v) is 2.89. The largest absolute Gasteiger partial charge is 0.356 e. The lowest BCUT2D eigenvalue weighted by Crippen LogP contribution is -2.33. The summed E-state index contributed by atoms with van der Waals surface area (Å²) in [5.74, 6) is 1.36. The van der Waals surface area contributed by atoms with Crippen molar-refractivity contribution in [1.82, 2.24) is 10.6 Å². The van der Waals surface area contributed by atoms with Gasteiger partial charge < -0.3 is 10.6 Å². The molecule has 1 aliphatic rings. The molecule has 1 amide bonds. The van der Waals surface area contributed by atoms with Crippen molar-refractivity contribution in [2.75, 3.05) is 18.8 Å². The van der Waals surface area contributed by atoms with E-state index in [0.717, 1.165) is 24.8 Å². The second-order valence-corrected chi connectivity index (χ2v) is 5.60. The summed E-state index contributed by atoms with van der Waals surface area (Å²) in [6.07, 6.45) is 2.85. The first-order valence-electron chi connectivity index (χ1n) is 5.84. The van der Waals surface area contributed by atoms with E-state index in [1.165, 1.54) is 12.2 Å². The van der Waals surface area contributed by atoms with E-state index in [4.69, 9.17) is 0 Å². The molecular formula is C11H22N2OS. The summed E-state index contributed by atoms with van der Waals surface area (Å²) in [6, 6.07) is 0.615. The van der Waals surface area contributed by atoms with Gasteiger partial charge in [0, 0.05) is 36.6 Å². The molecule has 0 aromatic carbocycles. The molecule has 4 heteroatoms. The Labute approximate surface area is 96.8 Å². The fourth-order valence-electron chi connectivity index (χ4n) is 1.70. The summed E-state index contributed by atoms with van der Waals surface area (Å²) >= 11 is 2.01. The van der Waals surface area contributed by atoms with Crippen LogP contribution in [0.4, 0.5) is 0 Å². The van der Waals surface area contributed by atoms with Crippen molar-refractivity contribution in [3.05, 3.63) is 0 Å². The molecule has 0 aromatic rings. The van der Waals surface area contributed by atoms with Crippen LogP contribution in [0.15, 0.2) is 0 Å². The van der Waals surface area contributed by atoms with E-state index < -0.39 is 0 Å².